The number of hydrogen-bond donors (Lipinski definition) is 3. The molecule has 1 aliphatic heterocycles. The summed E-state index contributed by atoms with van der Waals surface area (Å²) in [6.45, 7) is 3.46. The Morgan fingerprint density at radius 1 is 1.38 bits per heavy atom. The molecule has 3 N–H and O–H groups in total. The van der Waals surface area contributed by atoms with E-state index < -0.39 is 23.3 Å². The van der Waals surface area contributed by atoms with E-state index in [2.05, 4.69) is 0 Å². The Labute approximate surface area is 162 Å². The molecule has 1 aromatic carbocycles. The molecule has 1 saturated carbocycles. The van der Waals surface area contributed by atoms with E-state index in [0.29, 0.717) is 31.2 Å². The first-order valence-electron chi connectivity index (χ1n) is 7.80. The van der Waals surface area contributed by atoms with Gasteiger partial charge in [0, 0.05) is 23.5 Å². The maximum atomic E-state index is 11.3. The maximum Gasteiger partial charge on any atom is 1.00 e. The number of carbonyl (C=O) groups is 1. The summed E-state index contributed by atoms with van der Waals surface area (Å²) in [5, 5.41) is 41.5. The molecule has 1 aliphatic carbocycles. The van der Waals surface area contributed by atoms with Crippen LogP contribution in [0.5, 0.6) is 11.5 Å². The Bertz CT molecular complexity index is 659. The van der Waals surface area contributed by atoms with E-state index >= 15 is 0 Å². The van der Waals surface area contributed by atoms with Crippen molar-refractivity contribution in [2.45, 2.75) is 56.8 Å². The van der Waals surface area contributed by atoms with Crippen LogP contribution < -0.4 is 39.4 Å². The third-order valence-electron chi connectivity index (χ3n) is 5.41. The molecule has 2 aliphatic rings. The van der Waals surface area contributed by atoms with Crippen molar-refractivity contribution in [3.63, 3.8) is 0 Å². The van der Waals surface area contributed by atoms with Crippen LogP contribution in [-0.2, 0) is 6.42 Å². The van der Waals surface area contributed by atoms with Gasteiger partial charge in [0.05, 0.1) is 17.7 Å². The number of carboxylic acids is 1. The van der Waals surface area contributed by atoms with Crippen molar-refractivity contribution in [2.24, 2.45) is 5.92 Å². The van der Waals surface area contributed by atoms with E-state index in [0.717, 1.165) is 0 Å². The first kappa shape index (κ1) is 19.5. The molecule has 24 heavy (non-hydrogen) atoms. The first-order valence-corrected chi connectivity index (χ1v) is 7.80. The second-order valence-electron chi connectivity index (χ2n) is 7.16. The zero-order chi connectivity index (χ0) is 17.0. The standard InChI is InChI=1S/C17H22O6.Na/c1-16(22)6-5-9(7-13(16)19)17(2)8-11-12(18)4-3-10(15(20)21)14(11)23-17;/h3-4,9,13,18-19,22H,5-8H2,1-2H3,(H,20,21);/q;+1/p-1/t9-,13-,16+,17+;/m1./s1. The third-order valence-corrected chi connectivity index (χ3v) is 5.41. The average Bonchev–Trinajstić information content (AvgIpc) is 2.81. The number of benzene rings is 1. The molecular weight excluding hydrogens is 323 g/mol. The first-order chi connectivity index (χ1) is 10.6. The molecule has 0 spiro atoms. The van der Waals surface area contributed by atoms with E-state index in [4.69, 9.17) is 4.74 Å². The van der Waals surface area contributed by atoms with Gasteiger partial charge in [-0.25, -0.2) is 0 Å². The van der Waals surface area contributed by atoms with Crippen molar-refractivity contribution in [1.82, 2.24) is 0 Å². The molecule has 0 radical (unpaired) electrons. The SMILES string of the molecule is C[C@]1(O)CC[C@@H]([C@]2(C)Cc3c(O)ccc(C(=O)[O-])c3O2)C[C@H]1O.[Na+]. The minimum absolute atomic E-state index is 0. The third kappa shape index (κ3) is 3.18. The summed E-state index contributed by atoms with van der Waals surface area (Å²) in [5.74, 6) is -1.26. The van der Waals surface area contributed by atoms with E-state index in [1.54, 1.807) is 6.92 Å². The van der Waals surface area contributed by atoms with Crippen LogP contribution in [0.1, 0.15) is 49.0 Å². The summed E-state index contributed by atoms with van der Waals surface area (Å²) < 4.78 is 5.95. The molecular formula is C17H21NaO6. The second kappa shape index (κ2) is 6.50. The van der Waals surface area contributed by atoms with Gasteiger partial charge in [-0.05, 0) is 45.2 Å². The Kier molecular flexibility index (Phi) is 5.29. The number of aromatic carboxylic acids is 1. The van der Waals surface area contributed by atoms with Gasteiger partial charge in [0.15, 0.2) is 0 Å². The van der Waals surface area contributed by atoms with Crippen molar-refractivity contribution in [1.29, 1.82) is 0 Å². The molecule has 0 bridgehead atoms. The summed E-state index contributed by atoms with van der Waals surface area (Å²) in [4.78, 5) is 11.3. The molecule has 126 valence electrons. The van der Waals surface area contributed by atoms with Gasteiger partial charge in [-0.1, -0.05) is 0 Å². The number of aliphatic hydroxyl groups excluding tert-OH is 1. The summed E-state index contributed by atoms with van der Waals surface area (Å²) >= 11 is 0. The van der Waals surface area contributed by atoms with Gasteiger partial charge in [-0.3, -0.25) is 0 Å². The van der Waals surface area contributed by atoms with Crippen LogP contribution in [0.3, 0.4) is 0 Å². The number of aliphatic hydroxyl groups is 2. The van der Waals surface area contributed by atoms with Gasteiger partial charge in [0.25, 0.3) is 0 Å². The monoisotopic (exact) mass is 344 g/mol. The smallest absolute Gasteiger partial charge is 0.545 e. The van der Waals surface area contributed by atoms with Gasteiger partial charge in [-0.15, -0.1) is 0 Å². The van der Waals surface area contributed by atoms with Gasteiger partial charge >= 0.3 is 29.6 Å². The zero-order valence-corrected chi connectivity index (χ0v) is 16.2. The normalized spacial score (nSPS) is 34.8. The Morgan fingerprint density at radius 2 is 2.04 bits per heavy atom. The number of hydrogen-bond acceptors (Lipinski definition) is 6. The Hall–Kier alpha value is -0.790. The number of fused-ring (bicyclic) bond motifs is 1. The molecule has 3 rings (SSSR count). The summed E-state index contributed by atoms with van der Waals surface area (Å²) in [6.07, 6.45) is 0.941. The molecule has 1 heterocycles. The van der Waals surface area contributed by atoms with Crippen LogP contribution in [0, 0.1) is 5.92 Å². The zero-order valence-electron chi connectivity index (χ0n) is 14.2. The summed E-state index contributed by atoms with van der Waals surface area (Å²) in [7, 11) is 0. The molecule has 7 heteroatoms. The predicted molar refractivity (Wildman–Crippen MR) is 79.1 cm³/mol. The van der Waals surface area contributed by atoms with Gasteiger partial charge in [-0.2, -0.15) is 0 Å². The van der Waals surface area contributed by atoms with Gasteiger partial charge in [0.1, 0.15) is 17.1 Å². The van der Waals surface area contributed by atoms with Crippen molar-refractivity contribution in [2.75, 3.05) is 0 Å². The van der Waals surface area contributed by atoms with Crippen LogP contribution in [-0.4, -0.2) is 38.6 Å². The van der Waals surface area contributed by atoms with Crippen molar-refractivity contribution in [3.8, 4) is 11.5 Å². The summed E-state index contributed by atoms with van der Waals surface area (Å²) in [5.41, 5.74) is -1.47. The van der Waals surface area contributed by atoms with Crippen LogP contribution in [0.2, 0.25) is 0 Å². The second-order valence-corrected chi connectivity index (χ2v) is 7.16. The number of carboxylic acid groups (broad SMARTS) is 1. The number of ether oxygens (including phenoxy) is 1. The van der Waals surface area contributed by atoms with Gasteiger partial charge < -0.3 is 30.0 Å². The molecule has 1 fully saturated rings. The van der Waals surface area contributed by atoms with Crippen molar-refractivity contribution in [3.05, 3.63) is 23.3 Å². The molecule has 0 saturated heterocycles. The minimum atomic E-state index is -1.35. The van der Waals surface area contributed by atoms with E-state index in [1.807, 2.05) is 6.92 Å². The van der Waals surface area contributed by atoms with Crippen molar-refractivity contribution < 1.29 is 59.5 Å². The molecule has 1 aromatic rings. The molecule has 0 unspecified atom stereocenters. The van der Waals surface area contributed by atoms with Crippen LogP contribution >= 0.6 is 0 Å². The maximum absolute atomic E-state index is 11.3. The number of phenols is 1. The minimum Gasteiger partial charge on any atom is -0.545 e. The van der Waals surface area contributed by atoms with Gasteiger partial charge in [0.2, 0.25) is 0 Å². The van der Waals surface area contributed by atoms with Crippen LogP contribution in [0.4, 0.5) is 0 Å². The fraction of sp³-hybridized carbons (Fsp3) is 0.588. The molecule has 6 nitrogen and oxygen atoms in total. The number of phenolic OH excluding ortho intramolecular Hbond substituents is 1. The fourth-order valence-corrected chi connectivity index (χ4v) is 3.74. The largest absolute Gasteiger partial charge is 1.00 e. The quantitative estimate of drug-likeness (QED) is 0.506. The van der Waals surface area contributed by atoms with E-state index in [-0.39, 0.29) is 52.5 Å². The van der Waals surface area contributed by atoms with Crippen LogP contribution in [0.25, 0.3) is 0 Å². The number of aromatic hydroxyl groups is 1. The number of rotatable bonds is 2. The van der Waals surface area contributed by atoms with Crippen LogP contribution in [0.15, 0.2) is 12.1 Å². The molecule has 0 amide bonds. The predicted octanol–water partition coefficient (Wildman–Crippen LogP) is -2.63. The molecule has 0 aromatic heterocycles. The molecule has 4 atom stereocenters. The topological polar surface area (TPSA) is 110 Å². The van der Waals surface area contributed by atoms with E-state index in [1.165, 1.54) is 12.1 Å². The summed E-state index contributed by atoms with van der Waals surface area (Å²) in [6, 6.07) is 2.61. The fourth-order valence-electron chi connectivity index (χ4n) is 3.74. The van der Waals surface area contributed by atoms with E-state index in [9.17, 15) is 25.2 Å². The Morgan fingerprint density at radius 3 is 2.62 bits per heavy atom. The number of carbonyl (C=O) groups excluding carboxylic acids is 1. The average molecular weight is 344 g/mol. The van der Waals surface area contributed by atoms with Crippen molar-refractivity contribution >= 4 is 5.97 Å². The Balaban J connectivity index is 0.00000208.